The van der Waals surface area contributed by atoms with Crippen LogP contribution in [0.15, 0.2) is 309 Å². The highest BCUT2D eigenvalue weighted by Gasteiger charge is 2.52. The molecule has 0 radical (unpaired) electrons. The third-order valence-electron chi connectivity index (χ3n) is 32.4. The number of pyridine rings is 6. The zero-order chi connectivity index (χ0) is 96.2. The predicted molar refractivity (Wildman–Crippen MR) is 596 cm³/mol. The van der Waals surface area contributed by atoms with Gasteiger partial charge < -0.3 is 13.3 Å². The lowest BCUT2D eigenvalue weighted by Crippen LogP contribution is -2.74. The van der Waals surface area contributed by atoms with Crippen molar-refractivity contribution in [3.8, 4) is 17.4 Å². The monoisotopic (exact) mass is 1910 g/mol. The fourth-order valence-corrected chi connectivity index (χ4v) is 35.2. The summed E-state index contributed by atoms with van der Waals surface area (Å²) in [5.41, 5.74) is 31.1. The highest BCUT2D eigenvalue weighted by Crippen LogP contribution is 2.54. The third kappa shape index (κ3) is 12.3. The Morgan fingerprint density at radius 3 is 1.22 bits per heavy atom. The van der Waals surface area contributed by atoms with E-state index in [1.165, 1.54) is 227 Å². The van der Waals surface area contributed by atoms with Gasteiger partial charge in [-0.15, -0.1) is 0 Å². The molecule has 0 bridgehead atoms. The summed E-state index contributed by atoms with van der Waals surface area (Å²) in [5.74, 6) is 4.75. The molecular weight excluding hydrogens is 1800 g/mol. The van der Waals surface area contributed by atoms with E-state index < -0.39 is 25.0 Å². The Hall–Kier alpha value is -15.6. The molecule has 0 spiro atoms. The van der Waals surface area contributed by atoms with Crippen molar-refractivity contribution in [3.05, 3.63) is 383 Å². The van der Waals surface area contributed by atoms with Crippen LogP contribution in [0.25, 0.3) is 164 Å². The average Bonchev–Trinajstić information content (AvgIpc) is 1.56. The van der Waals surface area contributed by atoms with E-state index in [0.29, 0.717) is 17.8 Å². The first-order chi connectivity index (χ1) is 69.8. The number of para-hydroxylation sites is 5. The number of fused-ring (bicyclic) bond motifs is 21. The molecule has 15 nitrogen and oxygen atoms in total. The molecule has 7 aliphatic rings. The van der Waals surface area contributed by atoms with Crippen molar-refractivity contribution >= 4 is 215 Å². The molecule has 0 saturated heterocycles. The Balaban J connectivity index is 0.0000000841. The van der Waals surface area contributed by atoms with Crippen LogP contribution in [0, 0.1) is 41.5 Å². The summed E-state index contributed by atoms with van der Waals surface area (Å²) in [6.07, 6.45) is 9.67. The van der Waals surface area contributed by atoms with Crippen LogP contribution in [-0.4, -0.2) is 81.3 Å². The average molecular weight is 1910 g/mol. The summed E-state index contributed by atoms with van der Waals surface area (Å²) in [5, 5.41) is 29.3. The second-order valence-corrected chi connectivity index (χ2v) is 52.4. The van der Waals surface area contributed by atoms with Crippen molar-refractivity contribution in [2.75, 3.05) is 0 Å². The molecule has 1 fully saturated rings. The van der Waals surface area contributed by atoms with Crippen LogP contribution in [-0.2, 0) is 25.7 Å². The molecule has 696 valence electrons. The van der Waals surface area contributed by atoms with Gasteiger partial charge in [-0.25, -0.2) is 29.9 Å². The summed E-state index contributed by atoms with van der Waals surface area (Å²) >= 11 is 0. The van der Waals surface area contributed by atoms with Crippen molar-refractivity contribution < 1.29 is 13.3 Å². The molecule has 2 atom stereocenters. The number of hydrogen-bond acceptors (Lipinski definition) is 9. The lowest BCUT2D eigenvalue weighted by Gasteiger charge is -2.37. The van der Waals surface area contributed by atoms with Gasteiger partial charge in [0.2, 0.25) is 5.88 Å². The van der Waals surface area contributed by atoms with Crippen LogP contribution in [0.5, 0.6) is 17.4 Å². The predicted octanol–water partition coefficient (Wildman–Crippen LogP) is 26.7. The van der Waals surface area contributed by atoms with Gasteiger partial charge in [-0.3, -0.25) is 26.4 Å². The SMILES string of the molecule is Cc1nc2c3ccccc3c3cc(C(C)C)cc4c3n2c1CC4.Cc1nc2c3ccccc3c3cccc4c3n2c1C1CCCC41.Cc1nc2c3ccccc3c3cccc4c3n2c1CCC4.Cc1nc2c3ccccc3c3cccc4c3n2c1O[Si]4(C)C.Cc1nc2c3ccccc3c3cccc4c3n2c1[Si](C)(C)O4.Cc1nc2c3ccccc3c3cccc4c3n2c1[Si](c1ccccc1)(c1ccccc1)O4. The first kappa shape index (κ1) is 85.4. The molecule has 0 amide bonds. The van der Waals surface area contributed by atoms with Gasteiger partial charge in [0.25, 0.3) is 16.6 Å². The van der Waals surface area contributed by atoms with Gasteiger partial charge in [-0.2, -0.15) is 0 Å². The molecule has 33 rings (SSSR count). The minimum atomic E-state index is -2.84. The minimum absolute atomic E-state index is 0.552. The minimum Gasteiger partial charge on any atom is -0.537 e. The Labute approximate surface area is 829 Å². The highest BCUT2D eigenvalue weighted by molar-refractivity contribution is 7.07. The maximum absolute atomic E-state index is 7.22. The van der Waals surface area contributed by atoms with E-state index in [9.17, 15) is 0 Å². The number of aryl methyl sites for hydroxylation is 10. The zero-order valence-electron chi connectivity index (χ0n) is 82.4. The number of hydrogen-bond donors (Lipinski definition) is 0. The van der Waals surface area contributed by atoms with Crippen LogP contribution >= 0.6 is 0 Å². The van der Waals surface area contributed by atoms with Gasteiger partial charge in [-0.1, -0.05) is 311 Å². The van der Waals surface area contributed by atoms with Gasteiger partial charge in [0.1, 0.15) is 45.4 Å². The Bertz CT molecular complexity index is 9980. The maximum atomic E-state index is 7.22. The molecule has 26 aromatic rings. The van der Waals surface area contributed by atoms with Gasteiger partial charge in [0.15, 0.2) is 0 Å². The zero-order valence-corrected chi connectivity index (χ0v) is 85.4. The van der Waals surface area contributed by atoms with Crippen LogP contribution in [0.3, 0.4) is 0 Å². The van der Waals surface area contributed by atoms with E-state index in [2.05, 4.69) is 410 Å². The van der Waals surface area contributed by atoms with E-state index in [0.717, 1.165) is 99.5 Å². The normalized spacial score (nSPS) is 16.0. The molecule has 1 saturated carbocycles. The summed E-state index contributed by atoms with van der Waals surface area (Å²) in [6.45, 7) is 26.4. The third-order valence-corrected chi connectivity index (χ3v) is 41.3. The lowest BCUT2D eigenvalue weighted by molar-refractivity contribution is 0.527. The second-order valence-electron chi connectivity index (χ2n) is 41.7. The Kier molecular flexibility index (Phi) is 18.9. The fraction of sp³-hybridized carbons (Fsp3) is 0.184. The lowest BCUT2D eigenvalue weighted by atomic mass is 9.82. The van der Waals surface area contributed by atoms with Gasteiger partial charge in [-0.05, 0) is 208 Å². The molecule has 1 aliphatic carbocycles. The number of rotatable bonds is 3. The highest BCUT2D eigenvalue weighted by atomic mass is 28.4. The van der Waals surface area contributed by atoms with Crippen LogP contribution < -0.4 is 39.5 Å². The Morgan fingerprint density at radius 1 is 0.280 bits per heavy atom. The van der Waals surface area contributed by atoms with Crippen molar-refractivity contribution in [3.63, 3.8) is 0 Å². The molecule has 12 aromatic heterocycles. The molecule has 14 aromatic carbocycles. The number of imidazole rings is 6. The first-order valence-electron chi connectivity index (χ1n) is 50.9. The van der Waals surface area contributed by atoms with Gasteiger partial charge in [0.05, 0.1) is 77.9 Å². The molecular formula is C125H106N12O3Si3. The van der Waals surface area contributed by atoms with Gasteiger partial charge >= 0.3 is 8.32 Å². The molecule has 18 heterocycles. The first-order valence-corrected chi connectivity index (χ1v) is 58.7. The molecule has 6 aliphatic heterocycles. The van der Waals surface area contributed by atoms with Crippen LogP contribution in [0.1, 0.15) is 131 Å². The van der Waals surface area contributed by atoms with Crippen molar-refractivity contribution in [2.45, 2.75) is 151 Å². The van der Waals surface area contributed by atoms with Crippen molar-refractivity contribution in [1.82, 2.24) is 56.3 Å². The van der Waals surface area contributed by atoms with Crippen molar-refractivity contribution in [1.29, 1.82) is 0 Å². The van der Waals surface area contributed by atoms with Crippen molar-refractivity contribution in [2.24, 2.45) is 0 Å². The van der Waals surface area contributed by atoms with Gasteiger partial charge in [0, 0.05) is 92.8 Å². The summed E-state index contributed by atoms with van der Waals surface area (Å²) in [4.78, 5) is 29.7. The quantitative estimate of drug-likeness (QED) is 0.125. The number of benzene rings is 14. The molecule has 0 N–H and O–H groups in total. The standard InChI is InChI=1S/C28H20N2OSi.C21H18N2.C21H20N2.C19H16N2.2C18H16N2OSi/c1-19-28-30-26-23(22-15-8-9-16-24(22)27(30)29-19)17-10-18-25(26)31-32(28,20-11-4-2-5-12-20)21-13-6-3-7-14-21;1-12-19-15-9-4-8-13(15)16-10-5-11-17-14-6-2-3-7-18(14)21(22-12)23(19)20(16)17;1-12(2)15-10-14-8-9-19-13(3)22-21-17-7-5-4-6-16(17)18(11-15)20(14)23(19)21;1-12-17-11-5-7-13-6-4-10-15-14-8-2-3-9-16(14)19(20-12)21(17)18(13)15;1-11-18-20-16-13(9-6-10-15(16)22(2,3)21-18)12-7-4-5-8-14(12)17(20)19-11;1-11-18-20-16-13(9-6-10-15(16)21-22(18,2)3)12-7-4-5-8-14(12)17(20)19-11/h2-18H,1H3;2-3,5-7,10-11,13,15H,4,8-9H2,1H3;4-7,10-12H,8-9H2,1-3H3;2-4,6,8-10H,5,7,11H2,1H3;2*4-10H,1-3H3. The van der Waals surface area contributed by atoms with Crippen LogP contribution in [0.2, 0.25) is 26.2 Å². The van der Waals surface area contributed by atoms with E-state index in [1.807, 2.05) is 6.92 Å². The summed E-state index contributed by atoms with van der Waals surface area (Å²) in [6, 6.07) is 111. The second kappa shape index (κ2) is 31.7. The fourth-order valence-electron chi connectivity index (χ4n) is 26.4. The molecule has 18 heteroatoms. The molecule has 2 unspecified atom stereocenters. The molecule has 143 heavy (non-hydrogen) atoms. The largest absolute Gasteiger partial charge is 0.537 e. The number of nitrogens with zero attached hydrogens (tertiary/aromatic N) is 12. The Morgan fingerprint density at radius 2 is 0.678 bits per heavy atom. The van der Waals surface area contributed by atoms with E-state index in [4.69, 9.17) is 43.2 Å². The summed E-state index contributed by atoms with van der Waals surface area (Å²) in [7, 11) is -6.80. The number of aromatic nitrogens is 12. The summed E-state index contributed by atoms with van der Waals surface area (Å²) < 4.78 is 34.4. The van der Waals surface area contributed by atoms with Crippen LogP contribution in [0.4, 0.5) is 0 Å². The topological polar surface area (TPSA) is 131 Å². The van der Waals surface area contributed by atoms with E-state index >= 15 is 0 Å². The van der Waals surface area contributed by atoms with E-state index in [1.54, 1.807) is 5.56 Å². The van der Waals surface area contributed by atoms with E-state index in [-0.39, 0.29) is 0 Å². The smallest absolute Gasteiger partial charge is 0.365 e. The maximum Gasteiger partial charge on any atom is 0.365 e.